The van der Waals surface area contributed by atoms with Crippen LogP contribution in [0.4, 0.5) is 5.95 Å². The number of rotatable bonds is 22. The van der Waals surface area contributed by atoms with Crippen LogP contribution in [0.1, 0.15) is 149 Å². The summed E-state index contributed by atoms with van der Waals surface area (Å²) in [6.45, 7) is 28.0. The van der Waals surface area contributed by atoms with Gasteiger partial charge in [-0.3, -0.25) is 41.2 Å². The van der Waals surface area contributed by atoms with Gasteiger partial charge >= 0.3 is 22.8 Å². The predicted octanol–water partition coefficient (Wildman–Crippen LogP) is 16.9. The summed E-state index contributed by atoms with van der Waals surface area (Å²) in [6.07, 6.45) is 10.5. The number of morpholine rings is 1. The Bertz CT molecular complexity index is 8220. The molecule has 0 unspecified atom stereocenters. The summed E-state index contributed by atoms with van der Waals surface area (Å²) in [5, 5.41) is 21.3. The van der Waals surface area contributed by atoms with Gasteiger partial charge in [-0.05, 0) is 101 Å². The summed E-state index contributed by atoms with van der Waals surface area (Å²) in [7, 11) is 12.7. The number of ether oxygens (including phenoxy) is 1. The van der Waals surface area contributed by atoms with Gasteiger partial charge in [-0.25, -0.2) is 78.1 Å². The number of anilines is 1. The van der Waals surface area contributed by atoms with E-state index in [4.69, 9.17) is 29.7 Å². The molecule has 0 amide bonds. The average Bonchev–Trinajstić information content (AvgIpc) is 1.64. The SMILES string of the molecule is CC(C)c1ccccc1-c1ncc2c(n1)n(Cc1ccc(-c3ccnn3C(C)C)cc1)c(=O)n2C.CC(C)c1ccccc1-c1ncc2c(n1)n(Cc1ccc(-c3cnnn3C)cc1)c(=O)n2C.CC(C)c1ccccc1-c1ncc2c(n1)n(Cc1ccc(-c3nc(N4CCOCC4)n(C)n3)cc1)c(=O)n2C.Cc1nc(-c2ccc(Cn3c(=O)n(C)c4cnc(-c5ccccc5C(C)C)nc43)cc2)n(C)n1. The average molecular weight is 1880 g/mol. The highest BCUT2D eigenvalue weighted by Gasteiger charge is 2.26. The molecule has 0 N–H and O–H groups in total. The summed E-state index contributed by atoms with van der Waals surface area (Å²) >= 11 is 0. The molecule has 141 heavy (non-hydrogen) atoms. The lowest BCUT2D eigenvalue weighted by molar-refractivity contribution is 0.121. The first-order valence-corrected chi connectivity index (χ1v) is 47.5. The molecule has 1 fully saturated rings. The molecule has 1 saturated heterocycles. The Morgan fingerprint density at radius 1 is 0.333 bits per heavy atom. The van der Waals surface area contributed by atoms with Gasteiger partial charge in [-0.15, -0.1) is 10.2 Å². The van der Waals surface area contributed by atoms with Crippen LogP contribution in [-0.4, -0.2) is 157 Å². The van der Waals surface area contributed by atoms with Crippen molar-refractivity contribution in [1.29, 1.82) is 0 Å². The molecule has 0 atom stereocenters. The van der Waals surface area contributed by atoms with Gasteiger partial charge in [0.05, 0.1) is 81.8 Å². The molecule has 13 heterocycles. The lowest BCUT2D eigenvalue weighted by Gasteiger charge is -2.26. The first kappa shape index (κ1) is 94.9. The molecule has 21 rings (SSSR count). The van der Waals surface area contributed by atoms with E-state index in [1.807, 2.05) is 195 Å². The van der Waals surface area contributed by atoms with Crippen molar-refractivity contribution in [2.75, 3.05) is 31.2 Å². The summed E-state index contributed by atoms with van der Waals surface area (Å²) in [5.74, 6) is 6.93. The fourth-order valence-electron chi connectivity index (χ4n) is 18.2. The third kappa shape index (κ3) is 19.3. The normalized spacial score (nSPS) is 12.3. The molecular formula is C108H114N28O5. The van der Waals surface area contributed by atoms with Gasteiger partial charge < -0.3 is 9.64 Å². The Morgan fingerprint density at radius 2 is 0.667 bits per heavy atom. The van der Waals surface area contributed by atoms with Crippen LogP contribution in [0.3, 0.4) is 0 Å². The molecule has 12 aromatic heterocycles. The maximum absolute atomic E-state index is 13.2. The van der Waals surface area contributed by atoms with Gasteiger partial charge in [0.2, 0.25) is 5.95 Å². The second-order valence-corrected chi connectivity index (χ2v) is 37.1. The summed E-state index contributed by atoms with van der Waals surface area (Å²) < 4.78 is 26.1. The molecule has 1 aliphatic heterocycles. The van der Waals surface area contributed by atoms with Crippen molar-refractivity contribution in [3.8, 4) is 90.8 Å². The van der Waals surface area contributed by atoms with E-state index < -0.39 is 0 Å². The third-order valence-electron chi connectivity index (χ3n) is 25.9. The first-order chi connectivity index (χ1) is 68.0. The Balaban J connectivity index is 0.000000124. The fourth-order valence-corrected chi connectivity index (χ4v) is 18.2. The number of imidazole rings is 4. The van der Waals surface area contributed by atoms with Gasteiger partial charge in [0.25, 0.3) is 0 Å². The smallest absolute Gasteiger partial charge is 0.330 e. The van der Waals surface area contributed by atoms with E-state index in [0.717, 1.165) is 114 Å². The Hall–Kier alpha value is -16.5. The van der Waals surface area contributed by atoms with Crippen molar-refractivity contribution in [3.63, 3.8) is 0 Å². The zero-order valence-corrected chi connectivity index (χ0v) is 82.6. The van der Waals surface area contributed by atoms with E-state index in [1.165, 1.54) is 22.3 Å². The molecule has 0 aliphatic carbocycles. The number of hydrogen-bond acceptors (Lipinski definition) is 21. The summed E-state index contributed by atoms with van der Waals surface area (Å²) in [5.41, 5.74) is 23.7. The molecule has 716 valence electrons. The summed E-state index contributed by atoms with van der Waals surface area (Å²) in [4.78, 5) is 102. The molecule has 33 nitrogen and oxygen atoms in total. The second kappa shape index (κ2) is 40.3. The van der Waals surface area contributed by atoms with Gasteiger partial charge in [-0.1, -0.05) is 255 Å². The number of benzene rings is 8. The Morgan fingerprint density at radius 3 is 0.986 bits per heavy atom. The van der Waals surface area contributed by atoms with E-state index in [1.54, 1.807) is 105 Å². The molecular weight excluding hydrogens is 1770 g/mol. The first-order valence-electron chi connectivity index (χ1n) is 47.5. The van der Waals surface area contributed by atoms with Crippen LogP contribution < -0.4 is 27.7 Å². The molecule has 0 radical (unpaired) electrons. The van der Waals surface area contributed by atoms with Crippen LogP contribution in [0.15, 0.2) is 257 Å². The van der Waals surface area contributed by atoms with E-state index in [9.17, 15) is 19.2 Å². The minimum absolute atomic E-state index is 0.106. The zero-order chi connectivity index (χ0) is 98.9. The fraction of sp³-hybridized carbons (Fsp3) is 0.287. The second-order valence-electron chi connectivity index (χ2n) is 37.1. The van der Waals surface area contributed by atoms with Crippen LogP contribution in [0.5, 0.6) is 0 Å². The largest absolute Gasteiger partial charge is 0.378 e. The Kier molecular flexibility index (Phi) is 27.1. The quantitative estimate of drug-likeness (QED) is 0.0608. The number of fused-ring (bicyclic) bond motifs is 4. The lowest BCUT2D eigenvalue weighted by atomic mass is 9.97. The number of hydrogen-bond donors (Lipinski definition) is 0. The number of aryl methyl sites for hydroxylation is 8. The Labute approximate surface area is 814 Å². The van der Waals surface area contributed by atoms with E-state index in [0.29, 0.717) is 131 Å². The van der Waals surface area contributed by atoms with E-state index >= 15 is 0 Å². The van der Waals surface area contributed by atoms with Crippen molar-refractivity contribution in [3.05, 3.63) is 330 Å². The van der Waals surface area contributed by atoms with E-state index in [-0.39, 0.29) is 28.8 Å². The minimum Gasteiger partial charge on any atom is -0.378 e. The van der Waals surface area contributed by atoms with Gasteiger partial charge in [0.1, 0.15) is 27.9 Å². The number of nitrogens with zero attached hydrogens (tertiary/aromatic N) is 28. The van der Waals surface area contributed by atoms with Crippen molar-refractivity contribution in [2.24, 2.45) is 49.3 Å². The van der Waals surface area contributed by atoms with Gasteiger partial charge in [0.15, 0.2) is 57.5 Å². The highest BCUT2D eigenvalue weighted by atomic mass is 16.5. The van der Waals surface area contributed by atoms with Crippen molar-refractivity contribution in [1.82, 2.24) is 131 Å². The predicted molar refractivity (Wildman–Crippen MR) is 551 cm³/mol. The van der Waals surface area contributed by atoms with Gasteiger partial charge in [0, 0.05) is 114 Å². The number of aromatic nitrogens is 27. The summed E-state index contributed by atoms with van der Waals surface area (Å²) in [6, 6.07) is 67.4. The van der Waals surface area contributed by atoms with Crippen molar-refractivity contribution >= 4 is 50.6 Å². The third-order valence-corrected chi connectivity index (χ3v) is 25.9. The lowest BCUT2D eigenvalue weighted by Crippen LogP contribution is -2.37. The maximum atomic E-state index is 13.2. The highest BCUT2D eigenvalue weighted by Crippen LogP contribution is 2.35. The zero-order valence-electron chi connectivity index (χ0n) is 82.6. The van der Waals surface area contributed by atoms with Crippen LogP contribution in [-0.2, 0) is 80.2 Å². The molecule has 20 aromatic rings. The maximum Gasteiger partial charge on any atom is 0.330 e. The highest BCUT2D eigenvalue weighted by molar-refractivity contribution is 5.79. The van der Waals surface area contributed by atoms with Crippen LogP contribution in [0.25, 0.3) is 135 Å². The van der Waals surface area contributed by atoms with Crippen molar-refractivity contribution < 1.29 is 4.74 Å². The molecule has 33 heteroatoms. The van der Waals surface area contributed by atoms with Crippen LogP contribution in [0, 0.1) is 6.92 Å². The van der Waals surface area contributed by atoms with Crippen LogP contribution >= 0.6 is 0 Å². The topological polar surface area (TPSA) is 333 Å². The molecule has 1 aliphatic rings. The van der Waals surface area contributed by atoms with E-state index in [2.05, 4.69) is 173 Å². The van der Waals surface area contributed by atoms with Crippen molar-refractivity contribution in [2.45, 2.75) is 132 Å². The monoisotopic (exact) mass is 1880 g/mol. The van der Waals surface area contributed by atoms with Crippen LogP contribution in [0.2, 0.25) is 0 Å². The molecule has 8 aromatic carbocycles. The molecule has 0 spiro atoms. The molecule has 0 bridgehead atoms. The molecule has 0 saturated carbocycles. The minimum atomic E-state index is -0.126. The van der Waals surface area contributed by atoms with Gasteiger partial charge in [-0.2, -0.15) is 15.2 Å². The standard InChI is InChI=1S/C29H32N8O2.C28H30N6O.C26H27N7O.C25H25N7O/c1-19(2)22-7-5-6-8-23(22)26-30-17-24-27(31-26)37(29(38)34(24)3)18-20-9-11-21(12-10-20)25-32-28(35(4)33-25)36-13-15-39-16-14-36;1-18(2)22-8-6-7-9-23(22)26-29-16-25-27(31-26)33(28(35)32(25)5)17-20-10-12-21(13-11-20)24-14-15-30-34(24)19(3)4;1-16(2)20-8-6-7-9-21(20)23-27-14-22-25(29-23)33(26(34)31(22)4)15-18-10-12-19(13-11-18)24-28-17(3)30-32(24)5;1-16(2)19-7-5-6-8-20(19)23-26-13-22-24(28-23)32(25(33)30(22)3)15-17-9-11-18(12-10-17)21-14-27-29-31(21)4/h5-12,17,19H,13-16,18H2,1-4H3;6-16,18-19H,17H2,1-5H3;6-14,16H,15H2,1-5H3;5-14,16H,15H2,1-4H3.